The van der Waals surface area contributed by atoms with Crippen LogP contribution < -0.4 is 4.74 Å². The highest BCUT2D eigenvalue weighted by atomic mass is 19.4. The van der Waals surface area contributed by atoms with E-state index in [1.54, 1.807) is 4.90 Å². The Bertz CT molecular complexity index is 1270. The van der Waals surface area contributed by atoms with Gasteiger partial charge in [-0.3, -0.25) is 14.2 Å². The van der Waals surface area contributed by atoms with E-state index in [1.165, 1.54) is 0 Å². The lowest BCUT2D eigenvalue weighted by atomic mass is 9.79. The SMILES string of the molecule is C[C@@H]1Cc2c([nH]c3ccccc23)[C@]2(Cc3ccc(OC4CN(CCCF)C4)cc3C2)N1CC(F)(F)F. The smallest absolute Gasteiger partial charge is 0.401 e. The first-order valence-corrected chi connectivity index (χ1v) is 12.8. The van der Waals surface area contributed by atoms with Crippen LogP contribution in [-0.2, 0) is 24.8 Å². The molecule has 8 heteroatoms. The van der Waals surface area contributed by atoms with Crippen molar-refractivity contribution in [2.24, 2.45) is 0 Å². The van der Waals surface area contributed by atoms with Crippen LogP contribution in [0.4, 0.5) is 17.6 Å². The molecule has 3 aliphatic rings. The van der Waals surface area contributed by atoms with Crippen LogP contribution in [-0.4, -0.2) is 66.0 Å². The van der Waals surface area contributed by atoms with Crippen molar-refractivity contribution in [2.45, 2.75) is 56.5 Å². The fraction of sp³-hybridized carbons (Fsp3) is 0.500. The van der Waals surface area contributed by atoms with Gasteiger partial charge in [-0.2, -0.15) is 13.2 Å². The van der Waals surface area contributed by atoms with Crippen LogP contribution >= 0.6 is 0 Å². The predicted molar refractivity (Wildman–Crippen MR) is 131 cm³/mol. The third kappa shape index (κ3) is 4.08. The summed E-state index contributed by atoms with van der Waals surface area (Å²) in [5.41, 5.74) is 4.39. The Kier molecular flexibility index (Phi) is 5.80. The first-order valence-electron chi connectivity index (χ1n) is 12.8. The first kappa shape index (κ1) is 23.8. The number of para-hydroxylation sites is 1. The summed E-state index contributed by atoms with van der Waals surface area (Å²) < 4.78 is 60.1. The average Bonchev–Trinajstić information content (AvgIpc) is 3.37. The Morgan fingerprint density at radius 2 is 1.86 bits per heavy atom. The van der Waals surface area contributed by atoms with Crippen LogP contribution in [0.25, 0.3) is 10.9 Å². The van der Waals surface area contributed by atoms with E-state index >= 15 is 0 Å². The van der Waals surface area contributed by atoms with E-state index in [9.17, 15) is 17.6 Å². The van der Waals surface area contributed by atoms with Gasteiger partial charge in [-0.25, -0.2) is 0 Å². The molecule has 2 aromatic carbocycles. The minimum Gasteiger partial charge on any atom is -0.488 e. The van der Waals surface area contributed by atoms with Crippen molar-refractivity contribution in [1.29, 1.82) is 0 Å². The van der Waals surface area contributed by atoms with Crippen LogP contribution in [0, 0.1) is 0 Å². The molecule has 36 heavy (non-hydrogen) atoms. The fourth-order valence-electron chi connectivity index (χ4n) is 6.62. The molecule has 1 spiro atoms. The summed E-state index contributed by atoms with van der Waals surface area (Å²) in [6.45, 7) is 2.96. The van der Waals surface area contributed by atoms with Crippen molar-refractivity contribution in [3.8, 4) is 5.75 Å². The van der Waals surface area contributed by atoms with Crippen LogP contribution in [0.1, 0.15) is 35.7 Å². The largest absolute Gasteiger partial charge is 0.488 e. The lowest BCUT2D eigenvalue weighted by Gasteiger charge is -2.48. The number of nitrogens with zero attached hydrogens (tertiary/aromatic N) is 2. The molecule has 0 amide bonds. The van der Waals surface area contributed by atoms with E-state index in [0.29, 0.717) is 25.7 Å². The molecule has 0 bridgehead atoms. The van der Waals surface area contributed by atoms with E-state index in [0.717, 1.165) is 58.7 Å². The summed E-state index contributed by atoms with van der Waals surface area (Å²) in [4.78, 5) is 7.38. The number of ether oxygens (including phenoxy) is 1. The van der Waals surface area contributed by atoms with Crippen LogP contribution in [0.15, 0.2) is 42.5 Å². The molecular weight excluding hydrogens is 470 g/mol. The van der Waals surface area contributed by atoms with Gasteiger partial charge in [0, 0.05) is 42.3 Å². The Hall–Kier alpha value is -2.58. The van der Waals surface area contributed by atoms with Crippen molar-refractivity contribution in [3.05, 3.63) is 64.8 Å². The summed E-state index contributed by atoms with van der Waals surface area (Å²) in [5.74, 6) is 0.754. The number of hydrogen-bond donors (Lipinski definition) is 1. The summed E-state index contributed by atoms with van der Waals surface area (Å²) in [6, 6.07) is 13.7. The number of aromatic nitrogens is 1. The van der Waals surface area contributed by atoms with Gasteiger partial charge in [0.15, 0.2) is 0 Å². The molecule has 2 aliphatic heterocycles. The maximum absolute atomic E-state index is 13.8. The van der Waals surface area contributed by atoms with Crippen molar-refractivity contribution in [1.82, 2.24) is 14.8 Å². The zero-order chi connectivity index (χ0) is 25.1. The van der Waals surface area contributed by atoms with Gasteiger partial charge in [-0.15, -0.1) is 0 Å². The van der Waals surface area contributed by atoms with E-state index in [2.05, 4.69) is 16.0 Å². The molecule has 3 heterocycles. The minimum atomic E-state index is -4.29. The highest BCUT2D eigenvalue weighted by Gasteiger charge is 2.53. The molecule has 1 aromatic heterocycles. The lowest BCUT2D eigenvalue weighted by molar-refractivity contribution is -0.169. The number of likely N-dealkylation sites (tertiary alicyclic amines) is 1. The van der Waals surface area contributed by atoms with Crippen molar-refractivity contribution in [2.75, 3.05) is 32.9 Å². The third-order valence-electron chi connectivity index (χ3n) is 8.19. The van der Waals surface area contributed by atoms with E-state index in [1.807, 2.05) is 43.3 Å². The standard InChI is InChI=1S/C28H31F4N3O/c1-18-11-24-23-5-2-3-6-25(23)33-26(24)27(35(18)17-28(30,31)32)13-19-7-8-21(12-20(19)14-27)36-22-15-34(16-22)10-4-9-29/h2-3,5-8,12,18,22,33H,4,9-11,13-17H2,1H3/t18-,27-/m1/s1. The molecule has 192 valence electrons. The van der Waals surface area contributed by atoms with E-state index < -0.39 is 18.3 Å². The number of nitrogens with one attached hydrogen (secondary N) is 1. The molecule has 0 saturated carbocycles. The third-order valence-corrected chi connectivity index (χ3v) is 8.19. The number of hydrogen-bond acceptors (Lipinski definition) is 3. The van der Waals surface area contributed by atoms with Crippen molar-refractivity contribution < 1.29 is 22.3 Å². The number of halogens is 4. The van der Waals surface area contributed by atoms with Gasteiger partial charge in [-0.1, -0.05) is 24.3 Å². The Morgan fingerprint density at radius 1 is 1.08 bits per heavy atom. The van der Waals surface area contributed by atoms with E-state index in [4.69, 9.17) is 4.74 Å². The zero-order valence-corrected chi connectivity index (χ0v) is 20.4. The van der Waals surface area contributed by atoms with Gasteiger partial charge < -0.3 is 9.72 Å². The molecule has 3 aromatic rings. The zero-order valence-electron chi connectivity index (χ0n) is 20.4. The first-order chi connectivity index (χ1) is 17.3. The second-order valence-electron chi connectivity index (χ2n) is 10.7. The molecule has 6 rings (SSSR count). The molecule has 1 fully saturated rings. The second kappa shape index (κ2) is 8.77. The number of fused-ring (bicyclic) bond motifs is 5. The summed E-state index contributed by atoms with van der Waals surface area (Å²) in [7, 11) is 0. The molecule has 0 unspecified atom stereocenters. The molecule has 1 N–H and O–H groups in total. The molecule has 1 aliphatic carbocycles. The monoisotopic (exact) mass is 501 g/mol. The fourth-order valence-corrected chi connectivity index (χ4v) is 6.62. The van der Waals surface area contributed by atoms with Crippen molar-refractivity contribution >= 4 is 10.9 Å². The normalized spacial score (nSPS) is 24.8. The Balaban J connectivity index is 1.32. The van der Waals surface area contributed by atoms with Crippen LogP contribution in [0.3, 0.4) is 0 Å². The van der Waals surface area contributed by atoms with Gasteiger partial charge in [-0.05, 0) is 67.5 Å². The highest BCUT2D eigenvalue weighted by Crippen LogP contribution is 2.50. The number of rotatable bonds is 6. The van der Waals surface area contributed by atoms with Crippen LogP contribution in [0.2, 0.25) is 0 Å². The highest BCUT2D eigenvalue weighted by molar-refractivity contribution is 5.85. The molecule has 4 nitrogen and oxygen atoms in total. The Labute approximate surface area is 208 Å². The maximum Gasteiger partial charge on any atom is 0.401 e. The summed E-state index contributed by atoms with van der Waals surface area (Å²) in [5, 5.41) is 1.10. The molecule has 2 atom stereocenters. The van der Waals surface area contributed by atoms with Gasteiger partial charge in [0.1, 0.15) is 11.9 Å². The van der Waals surface area contributed by atoms with Crippen molar-refractivity contribution in [3.63, 3.8) is 0 Å². The number of H-pyrrole nitrogens is 1. The Morgan fingerprint density at radius 3 is 2.64 bits per heavy atom. The minimum absolute atomic E-state index is 0.0646. The number of benzene rings is 2. The topological polar surface area (TPSA) is 31.5 Å². The number of aromatic amines is 1. The van der Waals surface area contributed by atoms with Gasteiger partial charge >= 0.3 is 6.18 Å². The molecule has 1 saturated heterocycles. The van der Waals surface area contributed by atoms with Gasteiger partial charge in [0.2, 0.25) is 0 Å². The molecule has 0 radical (unpaired) electrons. The summed E-state index contributed by atoms with van der Waals surface area (Å²) >= 11 is 0. The molecular formula is C28H31F4N3O. The van der Waals surface area contributed by atoms with Gasteiger partial charge in [0.25, 0.3) is 0 Å². The quantitative estimate of drug-likeness (QED) is 0.460. The van der Waals surface area contributed by atoms with Gasteiger partial charge in [0.05, 0.1) is 18.8 Å². The van der Waals surface area contributed by atoms with Crippen LogP contribution in [0.5, 0.6) is 5.75 Å². The lowest BCUT2D eigenvalue weighted by Crippen LogP contribution is -2.58. The summed E-state index contributed by atoms with van der Waals surface area (Å²) in [6.07, 6.45) is -2.06. The maximum atomic E-state index is 13.8. The number of alkyl halides is 4. The predicted octanol–water partition coefficient (Wildman–Crippen LogP) is 5.39. The average molecular weight is 502 g/mol. The second-order valence-corrected chi connectivity index (χ2v) is 10.7. The van der Waals surface area contributed by atoms with E-state index in [-0.39, 0.29) is 18.8 Å².